The van der Waals surface area contributed by atoms with Gasteiger partial charge in [-0.05, 0) is 41.4 Å². The van der Waals surface area contributed by atoms with Gasteiger partial charge in [-0.15, -0.1) is 0 Å². The minimum absolute atomic E-state index is 0.673. The molecule has 5 heteroatoms. The van der Waals surface area contributed by atoms with E-state index in [1.807, 2.05) is 37.9 Å². The van der Waals surface area contributed by atoms with Crippen LogP contribution in [0.4, 0.5) is 5.82 Å². The van der Waals surface area contributed by atoms with E-state index in [-0.39, 0.29) is 0 Å². The molecule has 0 spiro atoms. The summed E-state index contributed by atoms with van der Waals surface area (Å²) in [4.78, 5) is 6.40. The normalized spacial score (nSPS) is 10.6. The van der Waals surface area contributed by atoms with Gasteiger partial charge in [0.2, 0.25) is 0 Å². The molecule has 0 radical (unpaired) electrons. The number of aryl methyl sites for hydroxylation is 2. The van der Waals surface area contributed by atoms with Crippen molar-refractivity contribution in [3.63, 3.8) is 0 Å². The zero-order chi connectivity index (χ0) is 12.4. The Labute approximate surface area is 109 Å². The van der Waals surface area contributed by atoms with E-state index in [1.54, 1.807) is 6.20 Å². The van der Waals surface area contributed by atoms with Gasteiger partial charge in [-0.3, -0.25) is 0 Å². The molecule has 0 N–H and O–H groups in total. The van der Waals surface area contributed by atoms with Gasteiger partial charge < -0.3 is 9.42 Å². The Hall–Kier alpha value is -1.36. The number of hydrogen-bond acceptors (Lipinski definition) is 4. The number of aromatic nitrogens is 2. The Morgan fingerprint density at radius 3 is 2.82 bits per heavy atom. The predicted octanol–water partition coefficient (Wildman–Crippen LogP) is 3.09. The molecule has 0 saturated carbocycles. The number of pyridine rings is 1. The van der Waals surface area contributed by atoms with Gasteiger partial charge in [0.05, 0.1) is 11.0 Å². The lowest BCUT2D eigenvalue weighted by atomic mass is 10.3. The van der Waals surface area contributed by atoms with E-state index in [4.69, 9.17) is 4.52 Å². The summed E-state index contributed by atoms with van der Waals surface area (Å²) in [5.41, 5.74) is 2.07. The van der Waals surface area contributed by atoms with E-state index in [9.17, 15) is 0 Å². The van der Waals surface area contributed by atoms with E-state index >= 15 is 0 Å². The lowest BCUT2D eigenvalue weighted by Crippen LogP contribution is -2.18. The Morgan fingerprint density at radius 1 is 1.41 bits per heavy atom. The molecular formula is C12H14BrN3O. The minimum atomic E-state index is 0.673. The van der Waals surface area contributed by atoms with Crippen molar-refractivity contribution in [1.82, 2.24) is 10.1 Å². The van der Waals surface area contributed by atoms with Crippen molar-refractivity contribution < 1.29 is 4.52 Å². The summed E-state index contributed by atoms with van der Waals surface area (Å²) in [5, 5.41) is 3.97. The zero-order valence-corrected chi connectivity index (χ0v) is 11.7. The second kappa shape index (κ2) is 4.87. The van der Waals surface area contributed by atoms with Crippen LogP contribution in [-0.2, 0) is 6.54 Å². The lowest BCUT2D eigenvalue weighted by Gasteiger charge is -2.18. The van der Waals surface area contributed by atoms with Crippen molar-refractivity contribution in [1.29, 1.82) is 0 Å². The standard InChI is InChI=1S/C12H14BrN3O/c1-8-4-5-14-12(11(8)13)16(3)7-10-6-9(2)17-15-10/h4-6H,7H2,1-3H3. The van der Waals surface area contributed by atoms with Crippen LogP contribution in [0.1, 0.15) is 17.0 Å². The first-order chi connectivity index (χ1) is 8.08. The first kappa shape index (κ1) is 12.1. The predicted molar refractivity (Wildman–Crippen MR) is 70.0 cm³/mol. The van der Waals surface area contributed by atoms with E-state index in [0.717, 1.165) is 27.3 Å². The van der Waals surface area contributed by atoms with Crippen molar-refractivity contribution in [2.75, 3.05) is 11.9 Å². The van der Waals surface area contributed by atoms with Gasteiger partial charge in [0.1, 0.15) is 17.3 Å². The van der Waals surface area contributed by atoms with Crippen molar-refractivity contribution >= 4 is 21.7 Å². The minimum Gasteiger partial charge on any atom is -0.361 e. The summed E-state index contributed by atoms with van der Waals surface area (Å²) in [5.74, 6) is 1.73. The van der Waals surface area contributed by atoms with Gasteiger partial charge in [0.15, 0.2) is 0 Å². The summed E-state index contributed by atoms with van der Waals surface area (Å²) in [7, 11) is 1.98. The number of nitrogens with zero attached hydrogens (tertiary/aromatic N) is 3. The average Bonchev–Trinajstić information content (AvgIpc) is 2.68. The lowest BCUT2D eigenvalue weighted by molar-refractivity contribution is 0.390. The molecule has 2 rings (SSSR count). The highest BCUT2D eigenvalue weighted by atomic mass is 79.9. The van der Waals surface area contributed by atoms with Crippen molar-refractivity contribution in [3.8, 4) is 0 Å². The third kappa shape index (κ3) is 2.66. The fourth-order valence-electron chi connectivity index (χ4n) is 1.60. The van der Waals surface area contributed by atoms with Crippen molar-refractivity contribution in [3.05, 3.63) is 39.8 Å². The molecule has 0 fully saturated rings. The second-order valence-corrected chi connectivity index (χ2v) is 4.84. The molecule has 2 aromatic heterocycles. The Morgan fingerprint density at radius 2 is 2.18 bits per heavy atom. The van der Waals surface area contributed by atoms with Gasteiger partial charge in [0.25, 0.3) is 0 Å². The first-order valence-electron chi connectivity index (χ1n) is 5.32. The Kier molecular flexibility index (Phi) is 3.47. The number of anilines is 1. The maximum atomic E-state index is 5.05. The van der Waals surface area contributed by atoms with Crippen molar-refractivity contribution in [2.24, 2.45) is 0 Å². The van der Waals surface area contributed by atoms with Crippen LogP contribution in [0.25, 0.3) is 0 Å². The summed E-state index contributed by atoms with van der Waals surface area (Å²) < 4.78 is 6.06. The molecule has 0 bridgehead atoms. The molecule has 2 heterocycles. The van der Waals surface area contributed by atoms with Crippen LogP contribution in [0.3, 0.4) is 0 Å². The topological polar surface area (TPSA) is 42.2 Å². The highest BCUT2D eigenvalue weighted by Crippen LogP contribution is 2.26. The van der Waals surface area contributed by atoms with Gasteiger partial charge in [-0.2, -0.15) is 0 Å². The molecule has 0 unspecified atom stereocenters. The maximum Gasteiger partial charge on any atom is 0.143 e. The molecule has 0 aliphatic heterocycles. The molecule has 4 nitrogen and oxygen atoms in total. The monoisotopic (exact) mass is 295 g/mol. The molecule has 17 heavy (non-hydrogen) atoms. The second-order valence-electron chi connectivity index (χ2n) is 4.05. The quantitative estimate of drug-likeness (QED) is 0.873. The summed E-state index contributed by atoms with van der Waals surface area (Å²) in [6, 6.07) is 3.90. The molecule has 0 saturated heterocycles. The molecule has 0 atom stereocenters. The molecule has 90 valence electrons. The fraction of sp³-hybridized carbons (Fsp3) is 0.333. The van der Waals surface area contributed by atoms with Gasteiger partial charge in [-0.1, -0.05) is 5.16 Å². The Balaban J connectivity index is 2.20. The Bertz CT molecular complexity index is 524. The van der Waals surface area contributed by atoms with Crippen molar-refractivity contribution in [2.45, 2.75) is 20.4 Å². The van der Waals surface area contributed by atoms with Crippen LogP contribution in [0.2, 0.25) is 0 Å². The SMILES string of the molecule is Cc1cc(CN(C)c2nccc(C)c2Br)no1. The van der Waals surface area contributed by atoms with Crippen LogP contribution in [0.5, 0.6) is 0 Å². The smallest absolute Gasteiger partial charge is 0.143 e. The first-order valence-corrected chi connectivity index (χ1v) is 6.11. The molecular weight excluding hydrogens is 282 g/mol. The highest BCUT2D eigenvalue weighted by molar-refractivity contribution is 9.10. The van der Waals surface area contributed by atoms with Crippen LogP contribution >= 0.6 is 15.9 Å². The molecule has 0 aromatic carbocycles. The fourth-order valence-corrected chi connectivity index (χ4v) is 2.14. The van der Waals surface area contributed by atoms with Crippen LogP contribution in [0, 0.1) is 13.8 Å². The summed E-state index contributed by atoms with van der Waals surface area (Å²) in [6.07, 6.45) is 1.81. The van der Waals surface area contributed by atoms with E-state index in [0.29, 0.717) is 6.54 Å². The van der Waals surface area contributed by atoms with E-state index < -0.39 is 0 Å². The zero-order valence-electron chi connectivity index (χ0n) is 10.1. The third-order valence-corrected chi connectivity index (χ3v) is 3.48. The molecule has 0 aliphatic carbocycles. The van der Waals surface area contributed by atoms with Crippen LogP contribution in [0.15, 0.2) is 27.3 Å². The van der Waals surface area contributed by atoms with Gasteiger partial charge in [-0.25, -0.2) is 4.98 Å². The van der Waals surface area contributed by atoms with Crippen LogP contribution in [-0.4, -0.2) is 17.2 Å². The number of hydrogen-bond donors (Lipinski definition) is 0. The van der Waals surface area contributed by atoms with Gasteiger partial charge >= 0.3 is 0 Å². The van der Waals surface area contributed by atoms with Crippen LogP contribution < -0.4 is 4.90 Å². The van der Waals surface area contributed by atoms with E-state index in [1.165, 1.54) is 0 Å². The number of halogens is 1. The molecule has 2 aromatic rings. The summed E-state index contributed by atoms with van der Waals surface area (Å²) in [6.45, 7) is 4.60. The molecule has 0 amide bonds. The summed E-state index contributed by atoms with van der Waals surface area (Å²) >= 11 is 3.55. The highest BCUT2D eigenvalue weighted by Gasteiger charge is 2.11. The van der Waals surface area contributed by atoms with Gasteiger partial charge in [0, 0.05) is 19.3 Å². The number of rotatable bonds is 3. The third-order valence-electron chi connectivity index (χ3n) is 2.50. The maximum absolute atomic E-state index is 5.05. The largest absolute Gasteiger partial charge is 0.361 e. The average molecular weight is 296 g/mol. The van der Waals surface area contributed by atoms with E-state index in [2.05, 4.69) is 26.1 Å². The molecule has 0 aliphatic rings.